The molecule has 8 heteroatoms. The van der Waals surface area contributed by atoms with E-state index >= 15 is 0 Å². The van der Waals surface area contributed by atoms with Gasteiger partial charge in [0, 0.05) is 11.4 Å². The molecule has 0 spiro atoms. The van der Waals surface area contributed by atoms with E-state index in [4.69, 9.17) is 21.1 Å². The lowest BCUT2D eigenvalue weighted by atomic mass is 10.2. The van der Waals surface area contributed by atoms with E-state index in [0.717, 1.165) is 28.8 Å². The van der Waals surface area contributed by atoms with Crippen molar-refractivity contribution in [3.05, 3.63) is 38.3 Å². The topological polar surface area (TPSA) is 67.8 Å². The second-order valence-electron chi connectivity index (χ2n) is 5.90. The average molecular weight is 395 g/mol. The molecule has 26 heavy (non-hydrogen) atoms. The van der Waals surface area contributed by atoms with Crippen molar-refractivity contribution in [1.29, 1.82) is 0 Å². The molecule has 0 amide bonds. The van der Waals surface area contributed by atoms with E-state index in [0.29, 0.717) is 42.8 Å². The minimum absolute atomic E-state index is 0.488. The third-order valence-electron chi connectivity index (χ3n) is 3.90. The zero-order valence-electron chi connectivity index (χ0n) is 15.2. The van der Waals surface area contributed by atoms with Crippen molar-refractivity contribution in [3.63, 3.8) is 0 Å². The van der Waals surface area contributed by atoms with Gasteiger partial charge in [-0.15, -0.1) is 11.3 Å². The van der Waals surface area contributed by atoms with Gasteiger partial charge < -0.3 is 20.1 Å². The lowest BCUT2D eigenvalue weighted by molar-refractivity contribution is 0.171. The number of hydrogen-bond acceptors (Lipinski definition) is 5. The largest absolute Gasteiger partial charge is 0.486 e. The van der Waals surface area contributed by atoms with Gasteiger partial charge in [-0.2, -0.15) is 0 Å². The van der Waals surface area contributed by atoms with Crippen LogP contribution in [0.15, 0.2) is 17.1 Å². The maximum atomic E-state index is 6.29. The van der Waals surface area contributed by atoms with E-state index in [1.54, 1.807) is 11.3 Å². The molecule has 0 saturated heterocycles. The van der Waals surface area contributed by atoms with Crippen LogP contribution in [0, 0.1) is 13.8 Å². The van der Waals surface area contributed by atoms with Crippen LogP contribution in [0.3, 0.4) is 0 Å². The summed E-state index contributed by atoms with van der Waals surface area (Å²) in [7, 11) is 0. The fraction of sp³-hybridized carbons (Fsp3) is 0.444. The number of guanidine groups is 1. The SMILES string of the molecule is CCNC(=NCc1cc(Cl)c2c(c1)OCCO2)NCc1nc(C)c(C)s1. The zero-order chi connectivity index (χ0) is 18.5. The number of ether oxygens (including phenoxy) is 2. The number of thiazole rings is 1. The standard InChI is InChI=1S/C18H23ClN4O2S/c1-4-20-18(22-10-16-23-11(2)12(3)26-16)21-9-13-7-14(19)17-15(8-13)24-5-6-25-17/h7-8H,4-6,9-10H2,1-3H3,(H2,20,21,22). The van der Waals surface area contributed by atoms with Crippen molar-refractivity contribution >= 4 is 28.9 Å². The minimum atomic E-state index is 0.488. The summed E-state index contributed by atoms with van der Waals surface area (Å²) >= 11 is 7.99. The second-order valence-corrected chi connectivity index (χ2v) is 7.59. The Balaban J connectivity index is 1.68. The van der Waals surface area contributed by atoms with Gasteiger partial charge in [0.15, 0.2) is 17.5 Å². The van der Waals surface area contributed by atoms with Crippen LogP contribution in [0.2, 0.25) is 5.02 Å². The summed E-state index contributed by atoms with van der Waals surface area (Å²) in [5.74, 6) is 2.04. The van der Waals surface area contributed by atoms with Crippen molar-refractivity contribution in [2.45, 2.75) is 33.9 Å². The van der Waals surface area contributed by atoms with Gasteiger partial charge in [0.1, 0.15) is 18.2 Å². The molecule has 6 nitrogen and oxygen atoms in total. The fourth-order valence-corrected chi connectivity index (χ4v) is 3.70. The Morgan fingerprint density at radius 2 is 2.08 bits per heavy atom. The Morgan fingerprint density at radius 3 is 2.81 bits per heavy atom. The molecule has 0 unspecified atom stereocenters. The molecule has 1 aliphatic rings. The summed E-state index contributed by atoms with van der Waals surface area (Å²) in [6.07, 6.45) is 0. The van der Waals surface area contributed by atoms with Crippen LogP contribution >= 0.6 is 22.9 Å². The number of nitrogens with one attached hydrogen (secondary N) is 2. The Hall–Kier alpha value is -1.99. The second kappa shape index (κ2) is 8.60. The van der Waals surface area contributed by atoms with Crippen LogP contribution in [-0.2, 0) is 13.1 Å². The monoisotopic (exact) mass is 394 g/mol. The number of aliphatic imine (C=N–C) groups is 1. The molecule has 140 valence electrons. The number of nitrogens with zero attached hydrogens (tertiary/aromatic N) is 2. The van der Waals surface area contributed by atoms with Crippen LogP contribution in [0.5, 0.6) is 11.5 Å². The van der Waals surface area contributed by atoms with Crippen LogP contribution in [0.25, 0.3) is 0 Å². The molecular formula is C18H23ClN4O2S. The summed E-state index contributed by atoms with van der Waals surface area (Å²) in [4.78, 5) is 10.4. The van der Waals surface area contributed by atoms with E-state index in [9.17, 15) is 0 Å². The first-order chi connectivity index (χ1) is 12.6. The molecule has 0 radical (unpaired) electrons. The molecule has 1 aromatic heterocycles. The molecule has 0 aliphatic carbocycles. The predicted octanol–water partition coefficient (Wildman–Crippen LogP) is 3.44. The molecular weight excluding hydrogens is 372 g/mol. The molecule has 1 aromatic carbocycles. The quantitative estimate of drug-likeness (QED) is 0.600. The van der Waals surface area contributed by atoms with Gasteiger partial charge >= 0.3 is 0 Å². The first-order valence-electron chi connectivity index (χ1n) is 8.60. The number of halogens is 1. The van der Waals surface area contributed by atoms with Gasteiger partial charge in [-0.3, -0.25) is 0 Å². The van der Waals surface area contributed by atoms with E-state index < -0.39 is 0 Å². The third kappa shape index (κ3) is 4.59. The zero-order valence-corrected chi connectivity index (χ0v) is 16.8. The number of fused-ring (bicyclic) bond motifs is 1. The van der Waals surface area contributed by atoms with E-state index in [1.807, 2.05) is 26.0 Å². The highest BCUT2D eigenvalue weighted by atomic mass is 35.5. The Labute approximate surface area is 162 Å². The molecule has 2 heterocycles. The lowest BCUT2D eigenvalue weighted by Crippen LogP contribution is -2.36. The third-order valence-corrected chi connectivity index (χ3v) is 5.25. The number of aromatic nitrogens is 1. The Bertz CT molecular complexity index is 787. The van der Waals surface area contributed by atoms with Crippen molar-refractivity contribution < 1.29 is 9.47 Å². The van der Waals surface area contributed by atoms with Gasteiger partial charge in [-0.25, -0.2) is 9.98 Å². The highest BCUT2D eigenvalue weighted by Crippen LogP contribution is 2.38. The minimum Gasteiger partial charge on any atom is -0.486 e. The number of aryl methyl sites for hydroxylation is 2. The molecule has 0 saturated carbocycles. The molecule has 1 aliphatic heterocycles. The fourth-order valence-electron chi connectivity index (χ4n) is 2.54. The molecule has 0 fully saturated rings. The summed E-state index contributed by atoms with van der Waals surface area (Å²) in [5, 5.41) is 8.17. The highest BCUT2D eigenvalue weighted by Gasteiger charge is 2.16. The van der Waals surface area contributed by atoms with Crippen molar-refractivity contribution in [1.82, 2.24) is 15.6 Å². The first-order valence-corrected chi connectivity index (χ1v) is 9.79. The smallest absolute Gasteiger partial charge is 0.191 e. The summed E-state index contributed by atoms with van der Waals surface area (Å²) < 4.78 is 11.2. The Morgan fingerprint density at radius 1 is 1.27 bits per heavy atom. The van der Waals surface area contributed by atoms with Crippen LogP contribution in [0.4, 0.5) is 0 Å². The van der Waals surface area contributed by atoms with Crippen molar-refractivity contribution in [2.24, 2.45) is 4.99 Å². The summed E-state index contributed by atoms with van der Waals surface area (Å²) in [6, 6.07) is 3.80. The average Bonchev–Trinajstić information content (AvgIpc) is 2.95. The highest BCUT2D eigenvalue weighted by molar-refractivity contribution is 7.11. The number of rotatable bonds is 5. The van der Waals surface area contributed by atoms with Crippen molar-refractivity contribution in [2.75, 3.05) is 19.8 Å². The maximum Gasteiger partial charge on any atom is 0.191 e. The number of benzene rings is 1. The van der Waals surface area contributed by atoms with Crippen LogP contribution < -0.4 is 20.1 Å². The summed E-state index contributed by atoms with van der Waals surface area (Å²) in [5.41, 5.74) is 2.05. The van der Waals surface area contributed by atoms with Crippen LogP contribution in [-0.4, -0.2) is 30.7 Å². The molecule has 3 rings (SSSR count). The first kappa shape index (κ1) is 18.8. The van der Waals surface area contributed by atoms with E-state index in [2.05, 4.69) is 27.5 Å². The lowest BCUT2D eigenvalue weighted by Gasteiger charge is -2.20. The summed E-state index contributed by atoms with van der Waals surface area (Å²) in [6.45, 7) is 9.12. The van der Waals surface area contributed by atoms with Crippen molar-refractivity contribution in [3.8, 4) is 11.5 Å². The molecule has 2 N–H and O–H groups in total. The molecule has 2 aromatic rings. The van der Waals surface area contributed by atoms with E-state index in [1.165, 1.54) is 4.88 Å². The van der Waals surface area contributed by atoms with Gasteiger partial charge in [-0.1, -0.05) is 11.6 Å². The van der Waals surface area contributed by atoms with Gasteiger partial charge in [0.25, 0.3) is 0 Å². The Kier molecular flexibility index (Phi) is 6.21. The van der Waals surface area contributed by atoms with Crippen LogP contribution in [0.1, 0.15) is 28.1 Å². The normalized spacial score (nSPS) is 13.6. The molecule has 0 atom stereocenters. The molecule has 0 bridgehead atoms. The predicted molar refractivity (Wildman–Crippen MR) is 106 cm³/mol. The number of hydrogen-bond donors (Lipinski definition) is 2. The van der Waals surface area contributed by atoms with Gasteiger partial charge in [0.05, 0.1) is 23.8 Å². The maximum absolute atomic E-state index is 6.29. The van der Waals surface area contributed by atoms with E-state index in [-0.39, 0.29) is 0 Å². The van der Waals surface area contributed by atoms with Gasteiger partial charge in [0.2, 0.25) is 0 Å². The van der Waals surface area contributed by atoms with Gasteiger partial charge in [-0.05, 0) is 38.5 Å².